The molecule has 0 heterocycles. The summed E-state index contributed by atoms with van der Waals surface area (Å²) in [7, 11) is 6.55. The number of carbonyl (C=O) groups is 4. The van der Waals surface area contributed by atoms with Crippen LogP contribution in [0.3, 0.4) is 0 Å². The zero-order valence-corrected chi connectivity index (χ0v) is 24.9. The molecule has 0 radical (unpaired) electrons. The standard InChI is InChI=1S/C31H35N5O8/c1-13-6-8-15(9-7-13)33-30(43)34-18-12-19(35(2)3)16-10-14-11-17-23(36(4)5)26(39)22(29(32)42)28(41)31(17,44)27(40)20(14)25(38)21(16)24(18)37/h6-9,12,14,17,23,37-38,41,44H,10-11H2,1-5H3,(H2,32,42)(H2,33,34,43)/t14-,17-,23+,31-/m0/s1. The van der Waals surface area contributed by atoms with Crippen LogP contribution in [-0.2, 0) is 20.8 Å². The van der Waals surface area contributed by atoms with Crippen LogP contribution in [0.25, 0.3) is 5.76 Å². The number of aliphatic hydroxyl groups is 3. The Kier molecular flexibility index (Phi) is 7.42. The van der Waals surface area contributed by atoms with Crippen molar-refractivity contribution in [3.05, 3.63) is 63.9 Å². The molecule has 1 fully saturated rings. The molecule has 44 heavy (non-hydrogen) atoms. The van der Waals surface area contributed by atoms with E-state index in [0.717, 1.165) is 5.56 Å². The smallest absolute Gasteiger partial charge is 0.323 e. The molecule has 4 atom stereocenters. The molecular weight excluding hydrogens is 570 g/mol. The molecule has 3 aliphatic rings. The van der Waals surface area contributed by atoms with E-state index < -0.39 is 69.8 Å². The molecule has 1 saturated carbocycles. The predicted molar refractivity (Wildman–Crippen MR) is 162 cm³/mol. The highest BCUT2D eigenvalue weighted by molar-refractivity contribution is 6.24. The highest BCUT2D eigenvalue weighted by Crippen LogP contribution is 2.54. The van der Waals surface area contributed by atoms with Crippen molar-refractivity contribution in [2.45, 2.75) is 31.4 Å². The lowest BCUT2D eigenvalue weighted by atomic mass is 9.57. The maximum Gasteiger partial charge on any atom is 0.323 e. The molecule has 8 N–H and O–H groups in total. The van der Waals surface area contributed by atoms with Gasteiger partial charge in [0.05, 0.1) is 17.3 Å². The molecule has 232 valence electrons. The summed E-state index contributed by atoms with van der Waals surface area (Å²) in [6.07, 6.45) is 0.0871. The number of phenols is 1. The number of hydrogen-bond acceptors (Lipinski definition) is 10. The summed E-state index contributed by atoms with van der Waals surface area (Å²) >= 11 is 0. The Morgan fingerprint density at radius 3 is 2.23 bits per heavy atom. The Bertz CT molecular complexity index is 1680. The number of urea groups is 1. The quantitative estimate of drug-likeness (QED) is 0.195. The number of carbonyl (C=O) groups excluding carboxylic acids is 4. The summed E-state index contributed by atoms with van der Waals surface area (Å²) in [4.78, 5) is 55.6. The molecule has 13 heteroatoms. The van der Waals surface area contributed by atoms with Crippen molar-refractivity contribution in [2.75, 3.05) is 43.7 Å². The summed E-state index contributed by atoms with van der Waals surface area (Å²) in [5.41, 5.74) is 3.81. The number of aromatic hydroxyl groups is 1. The van der Waals surface area contributed by atoms with Crippen molar-refractivity contribution in [1.82, 2.24) is 4.90 Å². The van der Waals surface area contributed by atoms with Gasteiger partial charge in [0.2, 0.25) is 5.78 Å². The fourth-order valence-electron chi connectivity index (χ4n) is 6.71. The van der Waals surface area contributed by atoms with E-state index in [1.807, 2.05) is 19.1 Å². The number of likely N-dealkylation sites (N-methyl/N-ethyl adjacent to an activating group) is 1. The van der Waals surface area contributed by atoms with E-state index in [1.54, 1.807) is 51.3 Å². The van der Waals surface area contributed by atoms with Gasteiger partial charge in [0, 0.05) is 37.0 Å². The number of nitrogens with one attached hydrogen (secondary N) is 2. The van der Waals surface area contributed by atoms with Crippen molar-refractivity contribution in [1.29, 1.82) is 0 Å². The van der Waals surface area contributed by atoms with Crippen LogP contribution < -0.4 is 21.3 Å². The maximum atomic E-state index is 14.1. The Balaban J connectivity index is 1.63. The second kappa shape index (κ2) is 10.7. The number of aliphatic hydroxyl groups excluding tert-OH is 2. The fraction of sp³-hybridized carbons (Fsp3) is 0.355. The van der Waals surface area contributed by atoms with Gasteiger partial charge in [-0.05, 0) is 63.5 Å². The number of benzene rings is 2. The number of Topliss-reactive ketones (excluding diaryl/α,β-unsaturated/α-hetero) is 2. The summed E-state index contributed by atoms with van der Waals surface area (Å²) in [6.45, 7) is 1.90. The van der Waals surface area contributed by atoms with E-state index in [0.29, 0.717) is 16.9 Å². The molecule has 5 rings (SSSR count). The molecule has 0 bridgehead atoms. The van der Waals surface area contributed by atoms with E-state index in [4.69, 9.17) is 5.73 Å². The van der Waals surface area contributed by atoms with Crippen LogP contribution in [0, 0.1) is 18.8 Å². The Labute approximate surface area is 253 Å². The first-order chi connectivity index (χ1) is 20.6. The van der Waals surface area contributed by atoms with Crippen molar-refractivity contribution in [3.63, 3.8) is 0 Å². The third-order valence-electron chi connectivity index (χ3n) is 8.74. The van der Waals surface area contributed by atoms with Crippen LogP contribution in [0.5, 0.6) is 5.75 Å². The summed E-state index contributed by atoms with van der Waals surface area (Å²) < 4.78 is 0. The minimum Gasteiger partial charge on any atom is -0.508 e. The second-order valence-electron chi connectivity index (χ2n) is 11.9. The molecule has 2 aromatic carbocycles. The van der Waals surface area contributed by atoms with Gasteiger partial charge in [0.15, 0.2) is 17.1 Å². The molecule has 0 aliphatic heterocycles. The van der Waals surface area contributed by atoms with E-state index in [2.05, 4.69) is 10.6 Å². The Morgan fingerprint density at radius 2 is 1.66 bits per heavy atom. The lowest BCUT2D eigenvalue weighted by molar-refractivity contribution is -0.153. The predicted octanol–water partition coefficient (Wildman–Crippen LogP) is 1.98. The molecular formula is C31H35N5O8. The third kappa shape index (κ3) is 4.55. The van der Waals surface area contributed by atoms with Crippen LogP contribution in [0.15, 0.2) is 47.2 Å². The topological polar surface area (TPSA) is 206 Å². The first-order valence-electron chi connectivity index (χ1n) is 13.9. The van der Waals surface area contributed by atoms with E-state index >= 15 is 0 Å². The maximum absolute atomic E-state index is 14.1. The van der Waals surface area contributed by atoms with Crippen LogP contribution in [0.4, 0.5) is 21.9 Å². The number of rotatable bonds is 5. The van der Waals surface area contributed by atoms with Crippen LogP contribution in [0.1, 0.15) is 23.1 Å². The number of amides is 3. The van der Waals surface area contributed by atoms with E-state index in [9.17, 15) is 39.6 Å². The van der Waals surface area contributed by atoms with Gasteiger partial charge in [0.1, 0.15) is 17.1 Å². The molecule has 3 amide bonds. The third-order valence-corrected chi connectivity index (χ3v) is 8.74. The molecule has 0 aromatic heterocycles. The Hall–Kier alpha value is -4.88. The van der Waals surface area contributed by atoms with Crippen LogP contribution >= 0.6 is 0 Å². The normalized spacial score (nSPS) is 24.5. The number of nitrogens with two attached hydrogens (primary N) is 1. The van der Waals surface area contributed by atoms with Crippen LogP contribution in [-0.4, -0.2) is 88.7 Å². The van der Waals surface area contributed by atoms with Gasteiger partial charge in [-0.1, -0.05) is 17.7 Å². The van der Waals surface area contributed by atoms with Crippen molar-refractivity contribution >= 4 is 46.3 Å². The van der Waals surface area contributed by atoms with E-state index in [1.165, 1.54) is 4.90 Å². The zero-order valence-electron chi connectivity index (χ0n) is 24.9. The summed E-state index contributed by atoms with van der Waals surface area (Å²) in [5, 5.41) is 51.0. The van der Waals surface area contributed by atoms with Gasteiger partial charge in [-0.3, -0.25) is 19.3 Å². The van der Waals surface area contributed by atoms with Gasteiger partial charge in [-0.2, -0.15) is 0 Å². The van der Waals surface area contributed by atoms with Crippen molar-refractivity contribution < 1.29 is 39.6 Å². The minimum absolute atomic E-state index is 0.0294. The van der Waals surface area contributed by atoms with Crippen LogP contribution in [0.2, 0.25) is 0 Å². The van der Waals surface area contributed by atoms with E-state index in [-0.39, 0.29) is 29.7 Å². The van der Waals surface area contributed by atoms with Gasteiger partial charge in [-0.15, -0.1) is 0 Å². The number of fused-ring (bicyclic) bond motifs is 3. The molecule has 13 nitrogen and oxygen atoms in total. The molecule has 0 spiro atoms. The molecule has 3 aliphatic carbocycles. The average molecular weight is 606 g/mol. The minimum atomic E-state index is -2.74. The second-order valence-corrected chi connectivity index (χ2v) is 11.9. The van der Waals surface area contributed by atoms with Crippen molar-refractivity contribution in [3.8, 4) is 5.75 Å². The number of phenolic OH excluding ortho intramolecular Hbond substituents is 1. The highest BCUT2D eigenvalue weighted by Gasteiger charge is 2.64. The first kappa shape index (κ1) is 30.6. The number of anilines is 3. The Morgan fingerprint density at radius 1 is 1.02 bits per heavy atom. The van der Waals surface area contributed by atoms with Gasteiger partial charge >= 0.3 is 6.03 Å². The molecule has 0 unspecified atom stereocenters. The lowest BCUT2D eigenvalue weighted by Crippen LogP contribution is -2.65. The van der Waals surface area contributed by atoms with Gasteiger partial charge in [-0.25, -0.2) is 4.79 Å². The van der Waals surface area contributed by atoms with Crippen molar-refractivity contribution in [2.24, 2.45) is 17.6 Å². The summed E-state index contributed by atoms with van der Waals surface area (Å²) in [5.74, 6) is -7.46. The van der Waals surface area contributed by atoms with Gasteiger partial charge in [0.25, 0.3) is 5.91 Å². The number of hydrogen-bond donors (Lipinski definition) is 7. The zero-order chi connectivity index (χ0) is 32.4. The van der Waals surface area contributed by atoms with Gasteiger partial charge < -0.3 is 41.7 Å². The first-order valence-corrected chi connectivity index (χ1v) is 13.9. The fourth-order valence-corrected chi connectivity index (χ4v) is 6.71. The molecule has 2 aromatic rings. The number of primary amides is 1. The number of aryl methyl sites for hydroxylation is 1. The highest BCUT2D eigenvalue weighted by atomic mass is 16.3. The number of ketones is 2. The SMILES string of the molecule is Cc1ccc(NC(=O)Nc2cc(N(C)C)c3c(c2O)C(O)=C2C(=O)[C@]4(O)C(O)=C(C(N)=O)C(=O)[C@H](N(C)C)[C@@H]4C[C@@H]2C3)cc1. The number of nitrogens with zero attached hydrogens (tertiary/aromatic N) is 2. The molecule has 0 saturated heterocycles. The monoisotopic (exact) mass is 605 g/mol. The largest absolute Gasteiger partial charge is 0.508 e. The lowest BCUT2D eigenvalue weighted by Gasteiger charge is -2.50. The summed E-state index contributed by atoms with van der Waals surface area (Å²) in [6, 6.07) is 6.76. The average Bonchev–Trinajstić information content (AvgIpc) is 2.93.